The topological polar surface area (TPSA) is 29.5 Å². The Bertz CT molecular complexity index is 474. The van der Waals surface area contributed by atoms with Crippen molar-refractivity contribution in [3.63, 3.8) is 0 Å². The highest BCUT2D eigenvalue weighted by molar-refractivity contribution is 5.86. The monoisotopic (exact) mass is 289 g/mol. The van der Waals surface area contributed by atoms with Crippen LogP contribution in [0.1, 0.15) is 44.6 Å². The zero-order valence-corrected chi connectivity index (χ0v) is 13.7. The molecule has 21 heavy (non-hydrogen) atoms. The van der Waals surface area contributed by atoms with Crippen molar-refractivity contribution in [3.05, 3.63) is 29.8 Å². The Balaban J connectivity index is 2.35. The van der Waals surface area contributed by atoms with Crippen molar-refractivity contribution in [1.82, 2.24) is 4.90 Å². The van der Waals surface area contributed by atoms with Crippen molar-refractivity contribution in [3.8, 4) is 5.75 Å². The molecule has 1 aromatic carbocycles. The van der Waals surface area contributed by atoms with Gasteiger partial charge in [-0.15, -0.1) is 0 Å². The first-order chi connectivity index (χ1) is 10.0. The Morgan fingerprint density at radius 2 is 1.90 bits per heavy atom. The fourth-order valence-electron chi connectivity index (χ4n) is 3.67. The average Bonchev–Trinajstić information content (AvgIpc) is 2.42. The lowest BCUT2D eigenvalue weighted by molar-refractivity contribution is -0.127. The Hall–Kier alpha value is -1.35. The van der Waals surface area contributed by atoms with Gasteiger partial charge in [-0.1, -0.05) is 25.5 Å². The molecule has 0 aromatic heterocycles. The Morgan fingerprint density at radius 1 is 1.29 bits per heavy atom. The lowest BCUT2D eigenvalue weighted by Crippen LogP contribution is -2.56. The molecule has 1 fully saturated rings. The fraction of sp³-hybridized carbons (Fsp3) is 0.611. The van der Waals surface area contributed by atoms with Crippen LogP contribution in [0.25, 0.3) is 0 Å². The third-order valence-electron chi connectivity index (χ3n) is 4.75. The second kappa shape index (κ2) is 6.61. The summed E-state index contributed by atoms with van der Waals surface area (Å²) in [6.45, 7) is 2.07. The van der Waals surface area contributed by atoms with Crippen LogP contribution < -0.4 is 4.74 Å². The molecule has 1 aromatic rings. The number of ether oxygens (including phenoxy) is 1. The normalized spacial score (nSPS) is 18.1. The molecule has 0 radical (unpaired) electrons. The number of rotatable bonds is 7. The van der Waals surface area contributed by atoms with Gasteiger partial charge in [0.15, 0.2) is 5.78 Å². The summed E-state index contributed by atoms with van der Waals surface area (Å²) in [4.78, 5) is 14.8. The Kier molecular flexibility index (Phi) is 5.04. The molecule has 1 unspecified atom stereocenters. The summed E-state index contributed by atoms with van der Waals surface area (Å²) in [5.74, 6) is 1.24. The first kappa shape index (κ1) is 16.0. The zero-order valence-electron chi connectivity index (χ0n) is 13.7. The summed E-state index contributed by atoms with van der Waals surface area (Å²) in [5.41, 5.74) is 1.26. The van der Waals surface area contributed by atoms with E-state index in [1.165, 1.54) is 12.0 Å². The highest BCUT2D eigenvalue weighted by atomic mass is 16.5. The van der Waals surface area contributed by atoms with E-state index in [1.54, 1.807) is 7.11 Å². The average molecular weight is 289 g/mol. The molecule has 0 N–H and O–H groups in total. The van der Waals surface area contributed by atoms with Crippen LogP contribution in [0.3, 0.4) is 0 Å². The van der Waals surface area contributed by atoms with Gasteiger partial charge in [-0.05, 0) is 51.1 Å². The van der Waals surface area contributed by atoms with E-state index in [9.17, 15) is 4.79 Å². The second-order valence-corrected chi connectivity index (χ2v) is 6.32. The quantitative estimate of drug-likeness (QED) is 0.770. The highest BCUT2D eigenvalue weighted by Crippen LogP contribution is 2.48. The lowest BCUT2D eigenvalue weighted by atomic mass is 9.58. The number of likely N-dealkylation sites (N-methyl/N-ethyl adjacent to an activating group) is 1. The van der Waals surface area contributed by atoms with Crippen LogP contribution in [0, 0.1) is 0 Å². The standard InChI is InChI=1S/C18H27NO2/c1-5-7-16(20)17(19(2)3)18(12-6-13-18)14-8-10-15(21-4)11-9-14/h8-11,17H,5-7,12-13H2,1-4H3. The van der Waals surface area contributed by atoms with Crippen molar-refractivity contribution in [2.45, 2.75) is 50.5 Å². The number of methoxy groups -OCH3 is 1. The number of hydrogen-bond acceptors (Lipinski definition) is 3. The van der Waals surface area contributed by atoms with E-state index in [2.05, 4.69) is 24.0 Å². The van der Waals surface area contributed by atoms with E-state index in [4.69, 9.17) is 4.74 Å². The molecule has 3 heteroatoms. The molecule has 1 aliphatic rings. The molecule has 1 atom stereocenters. The molecule has 0 amide bonds. The maximum atomic E-state index is 12.7. The molecule has 0 aliphatic heterocycles. The predicted octanol–water partition coefficient (Wildman–Crippen LogP) is 3.42. The molecule has 1 saturated carbocycles. The minimum atomic E-state index is -0.0143. The van der Waals surface area contributed by atoms with E-state index >= 15 is 0 Å². The van der Waals surface area contributed by atoms with E-state index < -0.39 is 0 Å². The molecule has 3 nitrogen and oxygen atoms in total. The van der Waals surface area contributed by atoms with Crippen LogP contribution in [-0.4, -0.2) is 37.9 Å². The van der Waals surface area contributed by atoms with Crippen molar-refractivity contribution in [1.29, 1.82) is 0 Å². The fourth-order valence-corrected chi connectivity index (χ4v) is 3.67. The van der Waals surface area contributed by atoms with Crippen molar-refractivity contribution < 1.29 is 9.53 Å². The van der Waals surface area contributed by atoms with Gasteiger partial charge in [0, 0.05) is 11.8 Å². The van der Waals surface area contributed by atoms with Gasteiger partial charge in [0.2, 0.25) is 0 Å². The number of benzene rings is 1. The first-order valence-corrected chi connectivity index (χ1v) is 7.89. The third kappa shape index (κ3) is 2.98. The van der Waals surface area contributed by atoms with Gasteiger partial charge in [-0.3, -0.25) is 9.69 Å². The van der Waals surface area contributed by atoms with Gasteiger partial charge in [-0.25, -0.2) is 0 Å². The number of ketones is 1. The van der Waals surface area contributed by atoms with Crippen LogP contribution in [0.5, 0.6) is 5.75 Å². The van der Waals surface area contributed by atoms with Crippen molar-refractivity contribution in [2.24, 2.45) is 0 Å². The molecule has 0 bridgehead atoms. The minimum Gasteiger partial charge on any atom is -0.497 e. The first-order valence-electron chi connectivity index (χ1n) is 7.89. The molecule has 0 saturated heterocycles. The van der Waals surface area contributed by atoms with E-state index in [0.717, 1.165) is 25.0 Å². The molecular weight excluding hydrogens is 262 g/mol. The molecular formula is C18H27NO2. The van der Waals surface area contributed by atoms with Crippen LogP contribution in [0.15, 0.2) is 24.3 Å². The second-order valence-electron chi connectivity index (χ2n) is 6.32. The van der Waals surface area contributed by atoms with Gasteiger partial charge >= 0.3 is 0 Å². The summed E-state index contributed by atoms with van der Waals surface area (Å²) in [7, 11) is 5.74. The third-order valence-corrected chi connectivity index (χ3v) is 4.75. The molecule has 0 heterocycles. The van der Waals surface area contributed by atoms with Crippen molar-refractivity contribution >= 4 is 5.78 Å². The maximum absolute atomic E-state index is 12.7. The van der Waals surface area contributed by atoms with Gasteiger partial charge in [-0.2, -0.15) is 0 Å². The smallest absolute Gasteiger partial charge is 0.150 e. The highest BCUT2D eigenvalue weighted by Gasteiger charge is 2.49. The summed E-state index contributed by atoms with van der Waals surface area (Å²) in [6, 6.07) is 8.26. The van der Waals surface area contributed by atoms with Crippen LogP contribution >= 0.6 is 0 Å². The minimum absolute atomic E-state index is 0.0119. The summed E-state index contributed by atoms with van der Waals surface area (Å²) in [6.07, 6.45) is 4.98. The van der Waals surface area contributed by atoms with Gasteiger partial charge < -0.3 is 4.74 Å². The molecule has 116 valence electrons. The van der Waals surface area contributed by atoms with Gasteiger partial charge in [0.1, 0.15) is 5.75 Å². The van der Waals surface area contributed by atoms with Crippen LogP contribution in [0.2, 0.25) is 0 Å². The largest absolute Gasteiger partial charge is 0.497 e. The Labute approximate surface area is 128 Å². The SMILES string of the molecule is CCCC(=O)C(N(C)C)C1(c2ccc(OC)cc2)CCC1. The van der Waals surface area contributed by atoms with E-state index in [1.807, 2.05) is 26.2 Å². The number of nitrogens with zero attached hydrogens (tertiary/aromatic N) is 1. The summed E-state index contributed by atoms with van der Waals surface area (Å²) >= 11 is 0. The van der Waals surface area contributed by atoms with E-state index in [0.29, 0.717) is 12.2 Å². The summed E-state index contributed by atoms with van der Waals surface area (Å²) < 4.78 is 5.25. The van der Waals surface area contributed by atoms with Crippen molar-refractivity contribution in [2.75, 3.05) is 21.2 Å². The number of carbonyl (C=O) groups excluding carboxylic acids is 1. The van der Waals surface area contributed by atoms with Crippen LogP contribution in [-0.2, 0) is 10.2 Å². The summed E-state index contributed by atoms with van der Waals surface area (Å²) in [5, 5.41) is 0. The van der Waals surface area contributed by atoms with E-state index in [-0.39, 0.29) is 11.5 Å². The maximum Gasteiger partial charge on any atom is 0.150 e. The molecule has 1 aliphatic carbocycles. The zero-order chi connectivity index (χ0) is 15.5. The number of Topliss-reactive ketones (excluding diaryl/α,β-unsaturated/α-hetero) is 1. The Morgan fingerprint density at radius 3 is 2.29 bits per heavy atom. The van der Waals surface area contributed by atoms with Gasteiger partial charge in [0.25, 0.3) is 0 Å². The van der Waals surface area contributed by atoms with Crippen LogP contribution in [0.4, 0.5) is 0 Å². The van der Waals surface area contributed by atoms with Gasteiger partial charge in [0.05, 0.1) is 13.2 Å². The molecule has 0 spiro atoms. The molecule has 2 rings (SSSR count). The lowest BCUT2D eigenvalue weighted by Gasteiger charge is -2.50. The number of hydrogen-bond donors (Lipinski definition) is 0. The predicted molar refractivity (Wildman–Crippen MR) is 85.9 cm³/mol. The number of carbonyl (C=O) groups is 1.